The molecule has 0 saturated heterocycles. The third-order valence-electron chi connectivity index (χ3n) is 1.34. The summed E-state index contributed by atoms with van der Waals surface area (Å²) in [6.45, 7) is 2.52. The smallest absolute Gasteiger partial charge is 0.234 e. The fraction of sp³-hybridized carbons (Fsp3) is 0.833. The highest BCUT2D eigenvalue weighted by atomic mass is 32.2. The standard InChI is InChI=1S/C6H15N3O2S/c1-5-8-6(7-2)9(3)12(4,10)11/h5H2,1-4H3,(H,7,8). The van der Waals surface area contributed by atoms with Gasteiger partial charge in [-0.1, -0.05) is 0 Å². The molecule has 0 unspecified atom stereocenters. The van der Waals surface area contributed by atoms with Crippen LogP contribution in [-0.2, 0) is 10.0 Å². The molecule has 0 aromatic carbocycles. The lowest BCUT2D eigenvalue weighted by Crippen LogP contribution is -2.41. The largest absolute Gasteiger partial charge is 0.356 e. The van der Waals surface area contributed by atoms with E-state index in [0.717, 1.165) is 10.6 Å². The van der Waals surface area contributed by atoms with Gasteiger partial charge in [-0.05, 0) is 6.92 Å². The summed E-state index contributed by atoms with van der Waals surface area (Å²) < 4.78 is 23.1. The Balaban J connectivity index is 4.56. The molecule has 0 aliphatic heterocycles. The Morgan fingerprint density at radius 2 is 2.08 bits per heavy atom. The van der Waals surface area contributed by atoms with E-state index in [2.05, 4.69) is 10.3 Å². The highest BCUT2D eigenvalue weighted by Gasteiger charge is 2.14. The molecule has 72 valence electrons. The quantitative estimate of drug-likeness (QED) is 0.474. The van der Waals surface area contributed by atoms with E-state index in [1.165, 1.54) is 7.05 Å². The molecule has 0 aliphatic carbocycles. The number of nitrogens with one attached hydrogen (secondary N) is 1. The van der Waals surface area contributed by atoms with Gasteiger partial charge in [-0.2, -0.15) is 0 Å². The Morgan fingerprint density at radius 1 is 1.58 bits per heavy atom. The van der Waals surface area contributed by atoms with Crippen LogP contribution >= 0.6 is 0 Å². The minimum atomic E-state index is -3.20. The number of guanidine groups is 1. The molecule has 12 heavy (non-hydrogen) atoms. The van der Waals surface area contributed by atoms with Crippen LogP contribution < -0.4 is 5.32 Å². The predicted octanol–water partition coefficient (Wildman–Crippen LogP) is -0.527. The summed E-state index contributed by atoms with van der Waals surface area (Å²) >= 11 is 0. The minimum Gasteiger partial charge on any atom is -0.356 e. The maximum absolute atomic E-state index is 11.0. The normalized spacial score (nSPS) is 12.8. The second-order valence-electron chi connectivity index (χ2n) is 2.31. The maximum atomic E-state index is 11.0. The number of nitrogens with zero attached hydrogens (tertiary/aromatic N) is 2. The van der Waals surface area contributed by atoms with Crippen LogP contribution in [0.4, 0.5) is 0 Å². The highest BCUT2D eigenvalue weighted by molar-refractivity contribution is 7.88. The van der Waals surface area contributed by atoms with E-state index < -0.39 is 10.0 Å². The zero-order valence-electron chi connectivity index (χ0n) is 7.83. The summed E-state index contributed by atoms with van der Waals surface area (Å²) in [6, 6.07) is 0. The first-order valence-electron chi connectivity index (χ1n) is 3.58. The Hall–Kier alpha value is -0.780. The molecule has 0 rings (SSSR count). The van der Waals surface area contributed by atoms with E-state index in [-0.39, 0.29) is 0 Å². The Kier molecular flexibility index (Phi) is 4.02. The van der Waals surface area contributed by atoms with Gasteiger partial charge >= 0.3 is 0 Å². The summed E-state index contributed by atoms with van der Waals surface area (Å²) in [5.41, 5.74) is 0. The fourth-order valence-electron chi connectivity index (χ4n) is 0.646. The molecule has 0 saturated carbocycles. The first kappa shape index (κ1) is 11.2. The van der Waals surface area contributed by atoms with Crippen molar-refractivity contribution in [3.63, 3.8) is 0 Å². The van der Waals surface area contributed by atoms with Crippen molar-refractivity contribution in [2.75, 3.05) is 26.9 Å². The predicted molar refractivity (Wildman–Crippen MR) is 49.6 cm³/mol. The lowest BCUT2D eigenvalue weighted by Gasteiger charge is -2.18. The molecule has 0 aliphatic rings. The zero-order chi connectivity index (χ0) is 9.78. The van der Waals surface area contributed by atoms with Crippen LogP contribution in [0.25, 0.3) is 0 Å². The SMILES string of the molecule is CCNC(=NC)N(C)S(C)(=O)=O. The Labute approximate surface area is 73.5 Å². The number of sulfonamides is 1. The van der Waals surface area contributed by atoms with Crippen molar-refractivity contribution in [2.45, 2.75) is 6.92 Å². The van der Waals surface area contributed by atoms with E-state index in [1.54, 1.807) is 7.05 Å². The van der Waals surface area contributed by atoms with Gasteiger partial charge in [0.25, 0.3) is 0 Å². The molecule has 5 nitrogen and oxygen atoms in total. The second-order valence-corrected chi connectivity index (χ2v) is 4.32. The van der Waals surface area contributed by atoms with E-state index in [1.807, 2.05) is 6.92 Å². The van der Waals surface area contributed by atoms with Gasteiger partial charge in [0.15, 0.2) is 0 Å². The van der Waals surface area contributed by atoms with Crippen LogP contribution in [0.5, 0.6) is 0 Å². The van der Waals surface area contributed by atoms with Crippen molar-refractivity contribution in [1.29, 1.82) is 0 Å². The highest BCUT2D eigenvalue weighted by Crippen LogP contribution is 1.92. The molecule has 0 spiro atoms. The van der Waals surface area contributed by atoms with Gasteiger partial charge < -0.3 is 5.32 Å². The Morgan fingerprint density at radius 3 is 2.33 bits per heavy atom. The third-order valence-corrected chi connectivity index (χ3v) is 2.51. The van der Waals surface area contributed by atoms with Gasteiger partial charge in [-0.25, -0.2) is 12.7 Å². The number of hydrogen-bond acceptors (Lipinski definition) is 3. The molecule has 0 radical (unpaired) electrons. The van der Waals surface area contributed by atoms with Crippen molar-refractivity contribution in [3.8, 4) is 0 Å². The number of aliphatic imine (C=N–C) groups is 1. The van der Waals surface area contributed by atoms with E-state index in [0.29, 0.717) is 12.5 Å². The molecule has 6 heteroatoms. The summed E-state index contributed by atoms with van der Waals surface area (Å²) in [5.74, 6) is 0.361. The van der Waals surface area contributed by atoms with Crippen LogP contribution in [-0.4, -0.2) is 45.6 Å². The van der Waals surface area contributed by atoms with Crippen LogP contribution in [0.1, 0.15) is 6.92 Å². The Bertz CT molecular complexity index is 258. The van der Waals surface area contributed by atoms with Crippen molar-refractivity contribution in [1.82, 2.24) is 9.62 Å². The first-order chi connectivity index (χ1) is 5.43. The van der Waals surface area contributed by atoms with Crippen molar-refractivity contribution in [3.05, 3.63) is 0 Å². The molecule has 1 N–H and O–H groups in total. The van der Waals surface area contributed by atoms with Crippen LogP contribution in [0.2, 0.25) is 0 Å². The average molecular weight is 193 g/mol. The van der Waals surface area contributed by atoms with Crippen LogP contribution in [0, 0.1) is 0 Å². The average Bonchev–Trinajstić information content (AvgIpc) is 1.97. The van der Waals surface area contributed by atoms with Crippen LogP contribution in [0.3, 0.4) is 0 Å². The number of rotatable bonds is 2. The summed E-state index contributed by atoms with van der Waals surface area (Å²) in [7, 11) is -0.196. The topological polar surface area (TPSA) is 61.8 Å². The van der Waals surface area contributed by atoms with Crippen molar-refractivity contribution < 1.29 is 8.42 Å². The van der Waals surface area contributed by atoms with Gasteiger partial charge in [0.2, 0.25) is 16.0 Å². The van der Waals surface area contributed by atoms with Gasteiger partial charge in [0.05, 0.1) is 6.26 Å². The third kappa shape index (κ3) is 3.08. The number of hydrogen-bond donors (Lipinski definition) is 1. The fourth-order valence-corrected chi connectivity index (χ4v) is 1.11. The van der Waals surface area contributed by atoms with Crippen LogP contribution in [0.15, 0.2) is 4.99 Å². The van der Waals surface area contributed by atoms with Crippen molar-refractivity contribution in [2.24, 2.45) is 4.99 Å². The van der Waals surface area contributed by atoms with Gasteiger partial charge in [-0.3, -0.25) is 4.99 Å². The van der Waals surface area contributed by atoms with Crippen molar-refractivity contribution >= 4 is 16.0 Å². The molecule has 0 aromatic heterocycles. The molecule has 0 atom stereocenters. The first-order valence-corrected chi connectivity index (χ1v) is 5.42. The van der Waals surface area contributed by atoms with Gasteiger partial charge in [-0.15, -0.1) is 0 Å². The minimum absolute atomic E-state index is 0.361. The maximum Gasteiger partial charge on any atom is 0.234 e. The summed E-state index contributed by atoms with van der Waals surface area (Å²) in [5, 5.41) is 2.84. The lowest BCUT2D eigenvalue weighted by molar-refractivity contribution is 0.553. The molecule has 0 amide bonds. The summed E-state index contributed by atoms with van der Waals surface area (Å²) in [4.78, 5) is 3.80. The van der Waals surface area contributed by atoms with E-state index in [9.17, 15) is 8.42 Å². The van der Waals surface area contributed by atoms with Gasteiger partial charge in [0, 0.05) is 20.6 Å². The molecule has 0 fully saturated rings. The molecular weight excluding hydrogens is 178 g/mol. The monoisotopic (exact) mass is 193 g/mol. The molecular formula is C6H15N3O2S. The zero-order valence-corrected chi connectivity index (χ0v) is 8.64. The molecule has 0 aromatic rings. The molecule has 0 heterocycles. The van der Waals surface area contributed by atoms with Gasteiger partial charge in [0.1, 0.15) is 0 Å². The second kappa shape index (κ2) is 4.30. The summed E-state index contributed by atoms with van der Waals surface area (Å²) in [6.07, 6.45) is 1.13. The van der Waals surface area contributed by atoms with E-state index >= 15 is 0 Å². The van der Waals surface area contributed by atoms with E-state index in [4.69, 9.17) is 0 Å². The lowest BCUT2D eigenvalue weighted by atomic mass is 10.7. The molecule has 0 bridgehead atoms.